The Hall–Kier alpha value is -2.87. The van der Waals surface area contributed by atoms with Gasteiger partial charge in [-0.05, 0) is 54.7 Å². The second kappa shape index (κ2) is 9.73. The molecule has 3 rings (SSSR count). The highest BCUT2D eigenvalue weighted by Gasteiger charge is 2.43. The molecule has 172 valence electrons. The number of anilines is 2. The maximum atomic E-state index is 13.3. The highest BCUT2D eigenvalue weighted by atomic mass is 19.4. The lowest BCUT2D eigenvalue weighted by Crippen LogP contribution is -2.45. The number of ether oxygens (including phenoxy) is 1. The van der Waals surface area contributed by atoms with Gasteiger partial charge in [-0.3, -0.25) is 9.59 Å². The number of benzene rings is 2. The third-order valence-corrected chi connectivity index (χ3v) is 5.54. The van der Waals surface area contributed by atoms with Crippen LogP contribution in [0, 0.1) is 5.92 Å². The predicted octanol–water partition coefficient (Wildman–Crippen LogP) is 5.38. The second-order valence-electron chi connectivity index (χ2n) is 8.45. The summed E-state index contributed by atoms with van der Waals surface area (Å²) in [5, 5.41) is 5.63. The van der Waals surface area contributed by atoms with E-state index in [-0.39, 0.29) is 43.8 Å². The van der Waals surface area contributed by atoms with E-state index < -0.39 is 17.2 Å². The van der Waals surface area contributed by atoms with Crippen molar-refractivity contribution in [2.24, 2.45) is 5.92 Å². The number of rotatable bonds is 6. The number of hydrogen-bond donors (Lipinski definition) is 2. The molecule has 0 saturated carbocycles. The molecular formula is C24H27F3N2O3. The van der Waals surface area contributed by atoms with Crippen molar-refractivity contribution in [3.63, 3.8) is 0 Å². The van der Waals surface area contributed by atoms with Gasteiger partial charge >= 0.3 is 6.18 Å². The lowest BCUT2D eigenvalue weighted by atomic mass is 9.73. The largest absolute Gasteiger partial charge is 0.416 e. The topological polar surface area (TPSA) is 67.4 Å². The minimum absolute atomic E-state index is 0.0949. The molecule has 0 unspecified atom stereocenters. The summed E-state index contributed by atoms with van der Waals surface area (Å²) in [5.74, 6) is -0.237. The van der Waals surface area contributed by atoms with E-state index >= 15 is 0 Å². The molecule has 5 nitrogen and oxygen atoms in total. The van der Waals surface area contributed by atoms with Gasteiger partial charge in [0.15, 0.2) is 0 Å². The molecule has 1 saturated heterocycles. The summed E-state index contributed by atoms with van der Waals surface area (Å²) < 4.78 is 45.1. The molecule has 0 atom stereocenters. The van der Waals surface area contributed by atoms with E-state index in [4.69, 9.17) is 4.74 Å². The molecule has 0 bridgehead atoms. The summed E-state index contributed by atoms with van der Waals surface area (Å²) in [6.07, 6.45) is -3.53. The monoisotopic (exact) mass is 448 g/mol. The summed E-state index contributed by atoms with van der Waals surface area (Å²) in [5.41, 5.74) is -0.480. The fourth-order valence-corrected chi connectivity index (χ4v) is 3.83. The summed E-state index contributed by atoms with van der Waals surface area (Å²) in [6.45, 7) is 4.47. The van der Waals surface area contributed by atoms with Crippen molar-refractivity contribution < 1.29 is 27.5 Å². The molecule has 2 aromatic carbocycles. The van der Waals surface area contributed by atoms with Gasteiger partial charge in [0.1, 0.15) is 0 Å². The fourth-order valence-electron chi connectivity index (χ4n) is 3.83. The third kappa shape index (κ3) is 5.68. The standard InChI is InChI=1S/C24H27F3N2O3/c1-16(2)14-21(30)28-19-6-8-20(9-7-19)29-22(31)23(10-12-32-13-11-23)17-4-3-5-18(15-17)24(25,26)27/h3-9,15-16H,10-14H2,1-2H3,(H,28,30)(H,29,31). The van der Waals surface area contributed by atoms with Gasteiger partial charge in [0.25, 0.3) is 0 Å². The second-order valence-corrected chi connectivity index (χ2v) is 8.45. The lowest BCUT2D eigenvalue weighted by Gasteiger charge is -2.36. The van der Waals surface area contributed by atoms with Gasteiger partial charge in [-0.1, -0.05) is 32.0 Å². The van der Waals surface area contributed by atoms with Crippen molar-refractivity contribution >= 4 is 23.2 Å². The van der Waals surface area contributed by atoms with Crippen molar-refractivity contribution in [2.45, 2.75) is 44.7 Å². The molecule has 8 heteroatoms. The Kier molecular flexibility index (Phi) is 7.23. The van der Waals surface area contributed by atoms with Crippen molar-refractivity contribution in [3.8, 4) is 0 Å². The van der Waals surface area contributed by atoms with Crippen LogP contribution >= 0.6 is 0 Å². The van der Waals surface area contributed by atoms with E-state index in [1.165, 1.54) is 6.07 Å². The molecule has 32 heavy (non-hydrogen) atoms. The molecule has 2 N–H and O–H groups in total. The Morgan fingerprint density at radius 2 is 1.59 bits per heavy atom. The Bertz CT molecular complexity index is 950. The highest BCUT2D eigenvalue weighted by Crippen LogP contribution is 2.39. The van der Waals surface area contributed by atoms with Gasteiger partial charge < -0.3 is 15.4 Å². The molecule has 0 spiro atoms. The van der Waals surface area contributed by atoms with E-state index in [1.54, 1.807) is 30.3 Å². The first-order valence-corrected chi connectivity index (χ1v) is 10.6. The number of alkyl halides is 3. The normalized spacial score (nSPS) is 15.9. The molecule has 2 aromatic rings. The molecule has 0 radical (unpaired) electrons. The lowest BCUT2D eigenvalue weighted by molar-refractivity contribution is -0.138. The average molecular weight is 448 g/mol. The van der Waals surface area contributed by atoms with Crippen molar-refractivity contribution in [1.29, 1.82) is 0 Å². The van der Waals surface area contributed by atoms with Crippen LogP contribution in [-0.4, -0.2) is 25.0 Å². The van der Waals surface area contributed by atoms with E-state index in [1.807, 2.05) is 13.8 Å². The van der Waals surface area contributed by atoms with Gasteiger partial charge in [-0.2, -0.15) is 13.2 Å². The molecule has 0 aliphatic carbocycles. The van der Waals surface area contributed by atoms with Gasteiger partial charge in [0.2, 0.25) is 11.8 Å². The Labute approximate surface area is 185 Å². The molecule has 1 aliphatic rings. The minimum Gasteiger partial charge on any atom is -0.381 e. The Balaban J connectivity index is 1.80. The minimum atomic E-state index is -4.49. The average Bonchev–Trinajstić information content (AvgIpc) is 2.74. The number of carbonyl (C=O) groups is 2. The van der Waals surface area contributed by atoms with E-state index in [9.17, 15) is 22.8 Å². The third-order valence-electron chi connectivity index (χ3n) is 5.54. The fraction of sp³-hybridized carbons (Fsp3) is 0.417. The van der Waals surface area contributed by atoms with Crippen LogP contribution in [0.2, 0.25) is 0 Å². The predicted molar refractivity (Wildman–Crippen MR) is 116 cm³/mol. The Morgan fingerprint density at radius 3 is 2.16 bits per heavy atom. The summed E-state index contributed by atoms with van der Waals surface area (Å²) in [7, 11) is 0. The van der Waals surface area contributed by atoms with Crippen LogP contribution in [0.4, 0.5) is 24.5 Å². The maximum absolute atomic E-state index is 13.3. The van der Waals surface area contributed by atoms with Gasteiger partial charge in [-0.25, -0.2) is 0 Å². The quantitative estimate of drug-likeness (QED) is 0.624. The first-order valence-electron chi connectivity index (χ1n) is 10.6. The first kappa shape index (κ1) is 23.8. The first-order chi connectivity index (χ1) is 15.1. The van der Waals surface area contributed by atoms with E-state index in [2.05, 4.69) is 10.6 Å². The van der Waals surface area contributed by atoms with Crippen molar-refractivity contribution in [1.82, 2.24) is 0 Å². The van der Waals surface area contributed by atoms with Gasteiger partial charge in [-0.15, -0.1) is 0 Å². The number of nitrogens with one attached hydrogen (secondary N) is 2. The van der Waals surface area contributed by atoms with Crippen LogP contribution < -0.4 is 10.6 Å². The van der Waals surface area contributed by atoms with Crippen LogP contribution in [0.25, 0.3) is 0 Å². The zero-order chi connectivity index (χ0) is 23.4. The molecule has 2 amide bonds. The molecular weight excluding hydrogens is 421 g/mol. The number of hydrogen-bond acceptors (Lipinski definition) is 3. The van der Waals surface area contributed by atoms with Gasteiger partial charge in [0.05, 0.1) is 11.0 Å². The zero-order valence-electron chi connectivity index (χ0n) is 18.1. The van der Waals surface area contributed by atoms with Crippen LogP contribution in [0.1, 0.15) is 44.2 Å². The summed E-state index contributed by atoms with van der Waals surface area (Å²) >= 11 is 0. The van der Waals surface area contributed by atoms with Crippen LogP contribution in [0.3, 0.4) is 0 Å². The van der Waals surface area contributed by atoms with E-state index in [0.717, 1.165) is 12.1 Å². The number of carbonyl (C=O) groups excluding carboxylic acids is 2. The smallest absolute Gasteiger partial charge is 0.381 e. The highest BCUT2D eigenvalue weighted by molar-refractivity contribution is 5.99. The molecule has 1 aliphatic heterocycles. The van der Waals surface area contributed by atoms with E-state index in [0.29, 0.717) is 23.4 Å². The number of halogens is 3. The summed E-state index contributed by atoms with van der Waals surface area (Å²) in [6, 6.07) is 11.6. The summed E-state index contributed by atoms with van der Waals surface area (Å²) in [4.78, 5) is 25.2. The van der Waals surface area contributed by atoms with Crippen LogP contribution in [-0.2, 0) is 25.9 Å². The zero-order valence-corrected chi connectivity index (χ0v) is 18.1. The van der Waals surface area contributed by atoms with Gasteiger partial charge in [0, 0.05) is 31.0 Å². The molecule has 0 aromatic heterocycles. The maximum Gasteiger partial charge on any atom is 0.416 e. The SMILES string of the molecule is CC(C)CC(=O)Nc1ccc(NC(=O)C2(c3cccc(C(F)(F)F)c3)CCOCC2)cc1. The van der Waals surface area contributed by atoms with Crippen LogP contribution in [0.15, 0.2) is 48.5 Å². The molecule has 1 heterocycles. The van der Waals surface area contributed by atoms with Crippen molar-refractivity contribution in [3.05, 3.63) is 59.7 Å². The van der Waals surface area contributed by atoms with Crippen LogP contribution in [0.5, 0.6) is 0 Å². The Morgan fingerprint density at radius 1 is 1.00 bits per heavy atom. The van der Waals surface area contributed by atoms with Crippen molar-refractivity contribution in [2.75, 3.05) is 23.8 Å². The number of amides is 2. The molecule has 1 fully saturated rings.